The maximum absolute atomic E-state index is 13.8. The van der Waals surface area contributed by atoms with Crippen LogP contribution in [0.15, 0.2) is 102 Å². The minimum absolute atomic E-state index is 0.0416. The van der Waals surface area contributed by atoms with Crippen LogP contribution in [0.2, 0.25) is 0 Å². The van der Waals surface area contributed by atoms with Crippen LogP contribution in [0.5, 0.6) is 0 Å². The zero-order valence-corrected chi connectivity index (χ0v) is 30.0. The lowest BCUT2D eigenvalue weighted by molar-refractivity contribution is -0.130. The van der Waals surface area contributed by atoms with Crippen molar-refractivity contribution in [3.05, 3.63) is 126 Å². The summed E-state index contributed by atoms with van der Waals surface area (Å²) >= 11 is 0. The maximum atomic E-state index is 13.8. The first-order valence-electron chi connectivity index (χ1n) is 17.2. The molecule has 0 radical (unpaired) electrons. The van der Waals surface area contributed by atoms with Crippen molar-refractivity contribution in [1.82, 2.24) is 31.0 Å². The van der Waals surface area contributed by atoms with Crippen LogP contribution in [0, 0.1) is 5.92 Å². The number of aliphatic hydroxyl groups excluding tert-OH is 1. The second-order valence-corrected chi connectivity index (χ2v) is 13.3. The average Bonchev–Trinajstić information content (AvgIpc) is 3.59. The number of hydrogen-bond donors (Lipinski definition) is 4. The van der Waals surface area contributed by atoms with Gasteiger partial charge < -0.3 is 29.8 Å². The quantitative estimate of drug-likeness (QED) is 0.107. The molecule has 12 nitrogen and oxygen atoms in total. The fraction of sp³-hybridized carbons (Fsp3) is 0.385. The van der Waals surface area contributed by atoms with Crippen LogP contribution in [0.25, 0.3) is 0 Å². The number of benzene rings is 3. The molecule has 0 aliphatic carbocycles. The molecule has 272 valence electrons. The first-order chi connectivity index (χ1) is 24.5. The molecule has 3 aromatic carbocycles. The summed E-state index contributed by atoms with van der Waals surface area (Å²) < 4.78 is 11.0. The zero-order chi connectivity index (χ0) is 36.8. The van der Waals surface area contributed by atoms with Crippen molar-refractivity contribution in [3.8, 4) is 0 Å². The highest BCUT2D eigenvalue weighted by molar-refractivity contribution is 5.87. The van der Waals surface area contributed by atoms with E-state index in [1.165, 1.54) is 11.2 Å². The molecule has 0 aliphatic heterocycles. The molecule has 0 bridgehead atoms. The van der Waals surface area contributed by atoms with Crippen molar-refractivity contribution in [2.24, 2.45) is 5.92 Å². The van der Waals surface area contributed by atoms with Crippen molar-refractivity contribution in [2.75, 3.05) is 13.6 Å². The van der Waals surface area contributed by atoms with E-state index in [2.05, 4.69) is 21.0 Å². The van der Waals surface area contributed by atoms with Crippen molar-refractivity contribution < 1.29 is 28.6 Å². The van der Waals surface area contributed by atoms with E-state index in [4.69, 9.17) is 9.15 Å². The Morgan fingerprint density at radius 2 is 1.41 bits per heavy atom. The third-order valence-electron chi connectivity index (χ3n) is 8.21. The third kappa shape index (κ3) is 12.6. The number of hydrazine groups is 1. The van der Waals surface area contributed by atoms with E-state index in [1.54, 1.807) is 12.1 Å². The molecule has 1 heterocycles. The third-order valence-corrected chi connectivity index (χ3v) is 8.21. The molecule has 0 saturated heterocycles. The van der Waals surface area contributed by atoms with E-state index in [0.717, 1.165) is 16.7 Å². The van der Waals surface area contributed by atoms with Gasteiger partial charge in [-0.15, -0.1) is 0 Å². The number of rotatable bonds is 17. The molecule has 4 rings (SSSR count). The monoisotopic (exact) mass is 698 g/mol. The second kappa shape index (κ2) is 19.3. The first-order valence-corrected chi connectivity index (χ1v) is 17.2. The Hall–Kier alpha value is -5.20. The molecule has 1 aromatic heterocycles. The summed E-state index contributed by atoms with van der Waals surface area (Å²) in [7, 11) is 1.62. The number of nitrogens with zero attached hydrogens (tertiary/aromatic N) is 3. The van der Waals surface area contributed by atoms with Crippen LogP contribution < -0.4 is 16.1 Å². The van der Waals surface area contributed by atoms with Crippen molar-refractivity contribution in [2.45, 2.75) is 77.9 Å². The fourth-order valence-corrected chi connectivity index (χ4v) is 5.35. The Morgan fingerprint density at radius 1 is 0.824 bits per heavy atom. The molecule has 51 heavy (non-hydrogen) atoms. The number of carbonyl (C=O) groups excluding carboxylic acids is 3. The molecule has 3 atom stereocenters. The highest BCUT2D eigenvalue weighted by Crippen LogP contribution is 2.15. The van der Waals surface area contributed by atoms with Gasteiger partial charge in [-0.1, -0.05) is 119 Å². The Kier molecular flexibility index (Phi) is 14.6. The minimum Gasteiger partial charge on any atom is -0.448 e. The molecule has 0 spiro atoms. The summed E-state index contributed by atoms with van der Waals surface area (Å²) in [6.45, 7) is 8.11. The molecular weight excluding hydrogens is 648 g/mol. The number of nitrogens with one attached hydrogen (secondary N) is 3. The van der Waals surface area contributed by atoms with Crippen LogP contribution in [0.1, 0.15) is 61.9 Å². The van der Waals surface area contributed by atoms with Crippen molar-refractivity contribution in [3.63, 3.8) is 0 Å². The topological polar surface area (TPSA) is 149 Å². The van der Waals surface area contributed by atoms with E-state index in [1.807, 2.05) is 119 Å². The highest BCUT2D eigenvalue weighted by Gasteiger charge is 2.30. The lowest BCUT2D eigenvalue weighted by Crippen LogP contribution is -2.58. The van der Waals surface area contributed by atoms with Gasteiger partial charge in [-0.2, -0.15) is 0 Å². The molecule has 4 amide bonds. The van der Waals surface area contributed by atoms with Gasteiger partial charge in [-0.3, -0.25) is 10.2 Å². The lowest BCUT2D eigenvalue weighted by atomic mass is 10.0. The molecule has 4 N–H and O–H groups in total. The van der Waals surface area contributed by atoms with Gasteiger partial charge in [0.25, 0.3) is 5.91 Å². The van der Waals surface area contributed by atoms with Crippen LogP contribution in [-0.2, 0) is 35.6 Å². The SMILES string of the molecule is CC(C)c1nc(CN(C)C(=O)N[C@H](C(=O)NN(Cc2ccccc2)C[C@H](O)[C@H](Cc2ccccc2)NC(=O)OCc2ccccc2)C(C)C)co1. The standard InChI is InChI=1S/C39H50N6O6/c1-27(2)35(42-38(48)44(5)23-32-26-50-37(40-32)28(3)4)36(47)43-45(22-30-17-11-7-12-18-30)24-34(46)33(21-29-15-9-6-10-16-29)41-39(49)51-25-31-19-13-8-14-20-31/h6-20,26-28,33-35,46H,21-25H2,1-5H3,(H,41,49)(H,42,48)(H,43,47)/t33-,34-,35-/m0/s1. The summed E-state index contributed by atoms with van der Waals surface area (Å²) in [4.78, 5) is 45.9. The van der Waals surface area contributed by atoms with Gasteiger partial charge in [0.2, 0.25) is 0 Å². The lowest BCUT2D eigenvalue weighted by Gasteiger charge is -2.32. The summed E-state index contributed by atoms with van der Waals surface area (Å²) in [5, 5.41) is 18.9. The second-order valence-electron chi connectivity index (χ2n) is 13.3. The average molecular weight is 699 g/mol. The number of amides is 4. The van der Waals surface area contributed by atoms with Gasteiger partial charge >= 0.3 is 12.1 Å². The fourth-order valence-electron chi connectivity index (χ4n) is 5.35. The molecule has 12 heteroatoms. The summed E-state index contributed by atoms with van der Waals surface area (Å²) in [6, 6.07) is 26.2. The number of hydrogen-bond acceptors (Lipinski definition) is 8. The molecule has 4 aromatic rings. The predicted molar refractivity (Wildman–Crippen MR) is 194 cm³/mol. The molecule has 0 saturated carbocycles. The minimum atomic E-state index is -1.13. The Balaban J connectivity index is 1.47. The normalized spacial score (nSPS) is 13.0. The smallest absolute Gasteiger partial charge is 0.407 e. The summed E-state index contributed by atoms with van der Waals surface area (Å²) in [5.74, 6) is -0.0168. The van der Waals surface area contributed by atoms with Gasteiger partial charge in [0.15, 0.2) is 5.89 Å². The largest absolute Gasteiger partial charge is 0.448 e. The number of aromatic nitrogens is 1. The van der Waals surface area contributed by atoms with E-state index in [-0.39, 0.29) is 38.1 Å². The molecular formula is C39H50N6O6. The Morgan fingerprint density at radius 3 is 1.98 bits per heavy atom. The predicted octanol–water partition coefficient (Wildman–Crippen LogP) is 5.40. The Labute approximate surface area is 300 Å². The van der Waals surface area contributed by atoms with E-state index in [0.29, 0.717) is 18.0 Å². The van der Waals surface area contributed by atoms with Gasteiger partial charge in [0.05, 0.1) is 24.4 Å². The summed E-state index contributed by atoms with van der Waals surface area (Å²) in [5.41, 5.74) is 6.17. The summed E-state index contributed by atoms with van der Waals surface area (Å²) in [6.07, 6.45) is 0.0446. The van der Waals surface area contributed by atoms with Gasteiger partial charge in [-0.05, 0) is 29.0 Å². The van der Waals surface area contributed by atoms with Gasteiger partial charge in [0.1, 0.15) is 18.9 Å². The first kappa shape index (κ1) is 38.6. The van der Waals surface area contributed by atoms with Crippen LogP contribution in [0.4, 0.5) is 9.59 Å². The number of ether oxygens (including phenoxy) is 1. The van der Waals surface area contributed by atoms with E-state index < -0.39 is 36.2 Å². The van der Waals surface area contributed by atoms with Gasteiger partial charge in [-0.25, -0.2) is 19.6 Å². The maximum Gasteiger partial charge on any atom is 0.407 e. The number of urea groups is 1. The molecule has 0 aliphatic rings. The Bertz CT molecular complexity index is 1650. The van der Waals surface area contributed by atoms with E-state index in [9.17, 15) is 19.5 Å². The van der Waals surface area contributed by atoms with Crippen LogP contribution in [0.3, 0.4) is 0 Å². The van der Waals surface area contributed by atoms with Gasteiger partial charge in [0, 0.05) is 26.1 Å². The number of carbonyl (C=O) groups is 3. The number of oxazole rings is 1. The molecule has 0 unspecified atom stereocenters. The van der Waals surface area contributed by atoms with E-state index >= 15 is 0 Å². The molecule has 0 fully saturated rings. The van der Waals surface area contributed by atoms with Crippen LogP contribution >= 0.6 is 0 Å². The zero-order valence-electron chi connectivity index (χ0n) is 30.0. The van der Waals surface area contributed by atoms with Crippen molar-refractivity contribution >= 4 is 18.0 Å². The van der Waals surface area contributed by atoms with Crippen LogP contribution in [-0.4, -0.2) is 69.8 Å². The number of aliphatic hydroxyl groups is 1. The highest BCUT2D eigenvalue weighted by atomic mass is 16.5. The van der Waals surface area contributed by atoms with Crippen molar-refractivity contribution in [1.29, 1.82) is 0 Å². The number of alkyl carbamates (subject to hydrolysis) is 1.